The van der Waals surface area contributed by atoms with E-state index in [0.29, 0.717) is 6.42 Å². The molecular formula is C19H28N3O2S+. The van der Waals surface area contributed by atoms with Gasteiger partial charge in [0.05, 0.1) is 42.4 Å². The molecule has 1 aromatic heterocycles. The topological polar surface area (TPSA) is 56.4 Å². The third-order valence-corrected chi connectivity index (χ3v) is 6.94. The molecule has 1 N–H and O–H groups in total. The Hall–Kier alpha value is -1.66. The summed E-state index contributed by atoms with van der Waals surface area (Å²) in [6.07, 6.45) is 1.74. The smallest absolute Gasteiger partial charge is 0.152 e. The van der Waals surface area contributed by atoms with Crippen molar-refractivity contribution in [3.8, 4) is 0 Å². The summed E-state index contributed by atoms with van der Waals surface area (Å²) in [7, 11) is -0.685. The molecule has 0 aliphatic carbocycles. The zero-order valence-corrected chi connectivity index (χ0v) is 16.1. The molecule has 0 amide bonds. The van der Waals surface area contributed by atoms with E-state index < -0.39 is 9.84 Å². The first kappa shape index (κ1) is 18.1. The first-order valence-corrected chi connectivity index (χ1v) is 10.8. The normalized spacial score (nSPS) is 20.7. The molecule has 1 aliphatic rings. The molecule has 1 aliphatic heterocycles. The summed E-state index contributed by atoms with van der Waals surface area (Å²) in [4.78, 5) is 1.44. The molecule has 1 fully saturated rings. The van der Waals surface area contributed by atoms with Crippen LogP contribution in [0.4, 0.5) is 0 Å². The molecule has 0 saturated carbocycles. The fourth-order valence-corrected chi connectivity index (χ4v) is 5.36. The molecular weight excluding hydrogens is 334 g/mol. The Morgan fingerprint density at radius 3 is 2.60 bits per heavy atom. The number of benzene rings is 1. The Labute approximate surface area is 150 Å². The lowest BCUT2D eigenvalue weighted by Crippen LogP contribution is -3.07. The van der Waals surface area contributed by atoms with Crippen LogP contribution in [0.5, 0.6) is 0 Å². The van der Waals surface area contributed by atoms with Crippen molar-refractivity contribution in [2.75, 3.05) is 25.1 Å². The molecule has 6 heteroatoms. The SMILES string of the molecule is Cc1nn([C@@H]2CCS(=O)(=O)C2)c(C)c1C[NH+](C)CCc1ccccc1. The zero-order chi connectivity index (χ0) is 18.0. The minimum atomic E-state index is -2.89. The van der Waals surface area contributed by atoms with E-state index >= 15 is 0 Å². The van der Waals surface area contributed by atoms with Gasteiger partial charge in [0.2, 0.25) is 0 Å². The highest BCUT2D eigenvalue weighted by molar-refractivity contribution is 7.91. The fourth-order valence-electron chi connectivity index (χ4n) is 3.67. The molecule has 0 spiro atoms. The molecule has 1 saturated heterocycles. The molecule has 2 atom stereocenters. The Morgan fingerprint density at radius 1 is 1.24 bits per heavy atom. The van der Waals surface area contributed by atoms with Crippen LogP contribution in [0, 0.1) is 13.8 Å². The monoisotopic (exact) mass is 362 g/mol. The van der Waals surface area contributed by atoms with Crippen LogP contribution < -0.4 is 4.90 Å². The highest BCUT2D eigenvalue weighted by Crippen LogP contribution is 2.26. The van der Waals surface area contributed by atoms with Gasteiger partial charge in [0.25, 0.3) is 0 Å². The lowest BCUT2D eigenvalue weighted by Gasteiger charge is -2.15. The largest absolute Gasteiger partial charge is 0.333 e. The van der Waals surface area contributed by atoms with Gasteiger partial charge >= 0.3 is 0 Å². The molecule has 1 unspecified atom stereocenters. The minimum absolute atomic E-state index is 0.00192. The number of hydrogen-bond acceptors (Lipinski definition) is 3. The number of likely N-dealkylation sites (N-methyl/N-ethyl adjacent to an activating group) is 1. The van der Waals surface area contributed by atoms with Crippen LogP contribution >= 0.6 is 0 Å². The Kier molecular flexibility index (Phi) is 5.29. The average Bonchev–Trinajstić information content (AvgIpc) is 3.07. The van der Waals surface area contributed by atoms with Crippen LogP contribution in [0.2, 0.25) is 0 Å². The molecule has 2 heterocycles. The Bertz CT molecular complexity index is 828. The van der Waals surface area contributed by atoms with Crippen molar-refractivity contribution >= 4 is 9.84 Å². The summed E-state index contributed by atoms with van der Waals surface area (Å²) in [5.74, 6) is 0.513. The van der Waals surface area contributed by atoms with E-state index in [1.165, 1.54) is 16.0 Å². The van der Waals surface area contributed by atoms with Gasteiger partial charge in [0.1, 0.15) is 6.54 Å². The van der Waals surface area contributed by atoms with E-state index in [4.69, 9.17) is 0 Å². The van der Waals surface area contributed by atoms with Crippen molar-refractivity contribution in [1.82, 2.24) is 9.78 Å². The second kappa shape index (κ2) is 7.30. The van der Waals surface area contributed by atoms with E-state index in [0.717, 1.165) is 30.9 Å². The summed E-state index contributed by atoms with van der Waals surface area (Å²) in [5, 5.41) is 4.67. The lowest BCUT2D eigenvalue weighted by atomic mass is 10.1. The summed E-state index contributed by atoms with van der Waals surface area (Å²) in [5.41, 5.74) is 4.77. The minimum Gasteiger partial charge on any atom is -0.333 e. The first-order chi connectivity index (χ1) is 11.9. The van der Waals surface area contributed by atoms with Crippen LogP contribution in [0.1, 0.15) is 35.0 Å². The highest BCUT2D eigenvalue weighted by Gasteiger charge is 2.31. The predicted molar refractivity (Wildman–Crippen MR) is 99.6 cm³/mol. The van der Waals surface area contributed by atoms with Crippen LogP contribution in [0.3, 0.4) is 0 Å². The van der Waals surface area contributed by atoms with E-state index in [9.17, 15) is 8.42 Å². The summed E-state index contributed by atoms with van der Waals surface area (Å²) in [6.45, 7) is 6.09. The van der Waals surface area contributed by atoms with Gasteiger partial charge < -0.3 is 4.90 Å². The maximum atomic E-state index is 11.8. The van der Waals surface area contributed by atoms with Gasteiger partial charge in [-0.25, -0.2) is 8.42 Å². The standard InChI is InChI=1S/C19H27N3O2S/c1-15-19(13-21(3)11-9-17-7-5-4-6-8-17)16(2)22(20-15)18-10-12-25(23,24)14-18/h4-8,18H,9-14H2,1-3H3/p+1/t18-/m1/s1. The number of hydrogen-bond donors (Lipinski definition) is 1. The molecule has 0 bridgehead atoms. The van der Waals surface area contributed by atoms with Crippen molar-refractivity contribution in [3.05, 3.63) is 52.8 Å². The molecule has 25 heavy (non-hydrogen) atoms. The summed E-state index contributed by atoms with van der Waals surface area (Å²) >= 11 is 0. The van der Waals surface area contributed by atoms with Crippen molar-refractivity contribution in [1.29, 1.82) is 0 Å². The van der Waals surface area contributed by atoms with Gasteiger partial charge in [-0.2, -0.15) is 5.10 Å². The van der Waals surface area contributed by atoms with Crippen LogP contribution in [-0.4, -0.2) is 43.3 Å². The maximum Gasteiger partial charge on any atom is 0.152 e. The number of sulfone groups is 1. The molecule has 5 nitrogen and oxygen atoms in total. The van der Waals surface area contributed by atoms with Crippen molar-refractivity contribution in [3.63, 3.8) is 0 Å². The van der Waals surface area contributed by atoms with Gasteiger partial charge in [-0.05, 0) is 25.8 Å². The van der Waals surface area contributed by atoms with Crippen LogP contribution in [0.25, 0.3) is 0 Å². The maximum absolute atomic E-state index is 11.8. The van der Waals surface area contributed by atoms with Crippen molar-refractivity contribution in [2.24, 2.45) is 0 Å². The number of nitrogens with zero attached hydrogens (tertiary/aromatic N) is 2. The number of quaternary nitrogens is 1. The van der Waals surface area contributed by atoms with Gasteiger partial charge in [-0.15, -0.1) is 0 Å². The van der Waals surface area contributed by atoms with Crippen LogP contribution in [0.15, 0.2) is 30.3 Å². The summed E-state index contributed by atoms with van der Waals surface area (Å²) < 4.78 is 25.5. The number of aromatic nitrogens is 2. The van der Waals surface area contributed by atoms with E-state index in [1.807, 2.05) is 17.7 Å². The van der Waals surface area contributed by atoms with Gasteiger partial charge in [-0.1, -0.05) is 30.3 Å². The third-order valence-electron chi connectivity index (χ3n) is 5.19. The van der Waals surface area contributed by atoms with Gasteiger partial charge in [0.15, 0.2) is 9.84 Å². The molecule has 1 aromatic carbocycles. The number of nitrogens with one attached hydrogen (secondary N) is 1. The molecule has 3 rings (SSSR count). The zero-order valence-electron chi connectivity index (χ0n) is 15.3. The van der Waals surface area contributed by atoms with Crippen molar-refractivity contribution in [2.45, 2.75) is 39.3 Å². The Morgan fingerprint density at radius 2 is 1.96 bits per heavy atom. The average molecular weight is 363 g/mol. The van der Waals surface area contributed by atoms with E-state index in [1.54, 1.807) is 0 Å². The second-order valence-electron chi connectivity index (χ2n) is 7.27. The quantitative estimate of drug-likeness (QED) is 0.838. The lowest BCUT2D eigenvalue weighted by molar-refractivity contribution is -0.893. The molecule has 2 aromatic rings. The highest BCUT2D eigenvalue weighted by atomic mass is 32.2. The summed E-state index contributed by atoms with van der Waals surface area (Å²) in [6, 6.07) is 10.5. The van der Waals surface area contributed by atoms with Crippen LogP contribution in [-0.2, 0) is 22.8 Å². The Balaban J connectivity index is 1.66. The fraction of sp³-hybridized carbons (Fsp3) is 0.526. The number of rotatable bonds is 6. The van der Waals surface area contributed by atoms with Gasteiger partial charge in [-0.3, -0.25) is 4.68 Å². The van der Waals surface area contributed by atoms with Crippen molar-refractivity contribution < 1.29 is 13.3 Å². The second-order valence-corrected chi connectivity index (χ2v) is 9.50. The first-order valence-electron chi connectivity index (χ1n) is 8.96. The van der Waals surface area contributed by atoms with Gasteiger partial charge in [0, 0.05) is 12.1 Å². The molecule has 136 valence electrons. The third kappa shape index (κ3) is 4.30. The predicted octanol–water partition coefficient (Wildman–Crippen LogP) is 1.12. The van der Waals surface area contributed by atoms with E-state index in [2.05, 4.69) is 43.3 Å². The van der Waals surface area contributed by atoms with E-state index in [-0.39, 0.29) is 17.5 Å². The molecule has 0 radical (unpaired) electrons. The number of aryl methyl sites for hydroxylation is 1.